The summed E-state index contributed by atoms with van der Waals surface area (Å²) in [5.41, 5.74) is 3.58. The average molecular weight is 257 g/mol. The lowest BCUT2D eigenvalue weighted by Gasteiger charge is -2.32. The molecule has 1 aromatic heterocycles. The largest absolute Gasteiger partial charge is 0.485 e. The van der Waals surface area contributed by atoms with Gasteiger partial charge < -0.3 is 10.1 Å². The van der Waals surface area contributed by atoms with Crippen LogP contribution in [0, 0.1) is 6.92 Å². The zero-order valence-corrected chi connectivity index (χ0v) is 11.6. The Bertz CT molecular complexity index is 591. The number of aromatic nitrogens is 2. The van der Waals surface area contributed by atoms with E-state index in [1.807, 2.05) is 37.1 Å². The molecule has 2 heterocycles. The molecule has 4 heteroatoms. The number of ether oxygens (including phenoxy) is 1. The quantitative estimate of drug-likeness (QED) is 0.898. The van der Waals surface area contributed by atoms with Crippen molar-refractivity contribution in [1.29, 1.82) is 0 Å². The number of fused-ring (bicyclic) bond motifs is 1. The zero-order chi connectivity index (χ0) is 13.4. The fourth-order valence-electron chi connectivity index (χ4n) is 2.71. The van der Waals surface area contributed by atoms with Crippen molar-refractivity contribution in [3.63, 3.8) is 0 Å². The number of para-hydroxylation sites is 1. The van der Waals surface area contributed by atoms with Crippen LogP contribution in [0.4, 0.5) is 0 Å². The molecule has 2 atom stereocenters. The Morgan fingerprint density at radius 1 is 1.32 bits per heavy atom. The van der Waals surface area contributed by atoms with Crippen LogP contribution in [-0.4, -0.2) is 16.8 Å². The van der Waals surface area contributed by atoms with Crippen LogP contribution in [0.5, 0.6) is 5.75 Å². The second-order valence-corrected chi connectivity index (χ2v) is 5.03. The summed E-state index contributed by atoms with van der Waals surface area (Å²) >= 11 is 0. The molecule has 0 saturated heterocycles. The van der Waals surface area contributed by atoms with Gasteiger partial charge in [-0.3, -0.25) is 4.68 Å². The van der Waals surface area contributed by atoms with Gasteiger partial charge in [-0.1, -0.05) is 18.2 Å². The summed E-state index contributed by atoms with van der Waals surface area (Å²) in [6.45, 7) is 2.08. The monoisotopic (exact) mass is 257 g/mol. The highest BCUT2D eigenvalue weighted by Gasteiger charge is 2.29. The maximum atomic E-state index is 6.15. The summed E-state index contributed by atoms with van der Waals surface area (Å²) in [7, 11) is 3.96. The van der Waals surface area contributed by atoms with Crippen LogP contribution in [0.3, 0.4) is 0 Å². The molecule has 19 heavy (non-hydrogen) atoms. The summed E-state index contributed by atoms with van der Waals surface area (Å²) in [6, 6.07) is 8.57. The molecule has 2 unspecified atom stereocenters. The lowest BCUT2D eigenvalue weighted by molar-refractivity contribution is 0.153. The van der Waals surface area contributed by atoms with Crippen LogP contribution in [0.15, 0.2) is 30.5 Å². The van der Waals surface area contributed by atoms with Gasteiger partial charge in [0, 0.05) is 36.3 Å². The van der Waals surface area contributed by atoms with E-state index >= 15 is 0 Å². The third-order valence-electron chi connectivity index (χ3n) is 3.98. The second kappa shape index (κ2) is 4.70. The van der Waals surface area contributed by atoms with Gasteiger partial charge in [0.1, 0.15) is 11.9 Å². The fraction of sp³-hybridized carbons (Fsp3) is 0.400. The number of nitrogens with zero attached hydrogens (tertiary/aromatic N) is 2. The molecular formula is C15H19N3O. The molecule has 0 amide bonds. The molecule has 3 rings (SSSR count). The molecule has 2 aromatic rings. The Balaban J connectivity index is 1.98. The maximum Gasteiger partial charge on any atom is 0.129 e. The van der Waals surface area contributed by atoms with Gasteiger partial charge >= 0.3 is 0 Å². The summed E-state index contributed by atoms with van der Waals surface area (Å²) < 4.78 is 8.05. The number of benzene rings is 1. The standard InChI is InChI=1S/C15H19N3O/c1-10-12(9-17-18(10)3)15-8-13(16-2)11-6-4-5-7-14(11)19-15/h4-7,9,13,15-16H,8H2,1-3H3. The number of nitrogens with one attached hydrogen (secondary N) is 1. The number of aryl methyl sites for hydroxylation is 1. The summed E-state index contributed by atoms with van der Waals surface area (Å²) in [5, 5.41) is 7.69. The SMILES string of the molecule is CNC1CC(c2cnn(C)c2C)Oc2ccccc21. The van der Waals surface area contributed by atoms with Gasteiger partial charge in [-0.25, -0.2) is 0 Å². The Hall–Kier alpha value is -1.81. The molecule has 0 saturated carbocycles. The first-order valence-electron chi connectivity index (χ1n) is 6.62. The summed E-state index contributed by atoms with van der Waals surface area (Å²) in [4.78, 5) is 0. The minimum Gasteiger partial charge on any atom is -0.485 e. The zero-order valence-electron chi connectivity index (χ0n) is 11.6. The molecule has 0 aliphatic carbocycles. The number of hydrogen-bond donors (Lipinski definition) is 1. The van der Waals surface area contributed by atoms with Gasteiger partial charge in [-0.05, 0) is 20.0 Å². The van der Waals surface area contributed by atoms with Crippen LogP contribution in [0.25, 0.3) is 0 Å². The van der Waals surface area contributed by atoms with Crippen molar-refractivity contribution >= 4 is 0 Å². The molecule has 1 aliphatic heterocycles. The van der Waals surface area contributed by atoms with Crippen molar-refractivity contribution in [3.8, 4) is 5.75 Å². The topological polar surface area (TPSA) is 39.1 Å². The molecular weight excluding hydrogens is 238 g/mol. The molecule has 4 nitrogen and oxygen atoms in total. The van der Waals surface area contributed by atoms with Gasteiger partial charge in [-0.15, -0.1) is 0 Å². The van der Waals surface area contributed by atoms with Crippen LogP contribution >= 0.6 is 0 Å². The van der Waals surface area contributed by atoms with Crippen molar-refractivity contribution < 1.29 is 4.74 Å². The minimum atomic E-state index is 0.0704. The van der Waals surface area contributed by atoms with Gasteiger partial charge in [0.15, 0.2) is 0 Å². The lowest BCUT2D eigenvalue weighted by atomic mass is 9.93. The first-order chi connectivity index (χ1) is 9.20. The molecule has 0 fully saturated rings. The number of rotatable bonds is 2. The van der Waals surface area contributed by atoms with Gasteiger partial charge in [0.2, 0.25) is 0 Å². The lowest BCUT2D eigenvalue weighted by Crippen LogP contribution is -2.26. The Morgan fingerprint density at radius 2 is 2.11 bits per heavy atom. The van der Waals surface area contributed by atoms with E-state index < -0.39 is 0 Å². The maximum absolute atomic E-state index is 6.15. The first-order valence-corrected chi connectivity index (χ1v) is 6.62. The van der Waals surface area contributed by atoms with Crippen molar-refractivity contribution in [3.05, 3.63) is 47.3 Å². The van der Waals surface area contributed by atoms with Crippen LogP contribution in [0.1, 0.15) is 35.4 Å². The molecule has 0 radical (unpaired) electrons. The predicted molar refractivity (Wildman–Crippen MR) is 74.2 cm³/mol. The van der Waals surface area contributed by atoms with Gasteiger partial charge in [0.25, 0.3) is 0 Å². The predicted octanol–water partition coefficient (Wildman–Crippen LogP) is 2.51. The summed E-state index contributed by atoms with van der Waals surface area (Å²) in [6.07, 6.45) is 2.92. The smallest absolute Gasteiger partial charge is 0.129 e. The molecule has 100 valence electrons. The van der Waals surface area contributed by atoms with E-state index in [0.717, 1.165) is 12.2 Å². The highest BCUT2D eigenvalue weighted by molar-refractivity contribution is 5.39. The van der Waals surface area contributed by atoms with Crippen molar-refractivity contribution in [2.75, 3.05) is 7.05 Å². The summed E-state index contributed by atoms with van der Waals surface area (Å²) in [5.74, 6) is 0.973. The Morgan fingerprint density at radius 3 is 2.79 bits per heavy atom. The van der Waals surface area contributed by atoms with Crippen LogP contribution < -0.4 is 10.1 Å². The Kier molecular flexibility index (Phi) is 3.03. The third-order valence-corrected chi connectivity index (χ3v) is 3.98. The van der Waals surface area contributed by atoms with E-state index in [1.54, 1.807) is 0 Å². The third kappa shape index (κ3) is 2.02. The average Bonchev–Trinajstić information content (AvgIpc) is 2.78. The van der Waals surface area contributed by atoms with E-state index in [9.17, 15) is 0 Å². The van der Waals surface area contributed by atoms with Gasteiger partial charge in [0.05, 0.1) is 6.20 Å². The minimum absolute atomic E-state index is 0.0704. The Labute approximate surface area is 113 Å². The molecule has 1 N–H and O–H groups in total. The molecule has 0 spiro atoms. The fourth-order valence-corrected chi connectivity index (χ4v) is 2.71. The number of hydrogen-bond acceptors (Lipinski definition) is 3. The first kappa shape index (κ1) is 12.2. The highest BCUT2D eigenvalue weighted by atomic mass is 16.5. The van der Waals surface area contributed by atoms with E-state index in [1.165, 1.54) is 16.8 Å². The van der Waals surface area contributed by atoms with E-state index in [2.05, 4.69) is 29.5 Å². The normalized spacial score (nSPS) is 21.8. The van der Waals surface area contributed by atoms with Crippen LogP contribution in [-0.2, 0) is 7.05 Å². The van der Waals surface area contributed by atoms with Crippen molar-refractivity contribution in [2.45, 2.75) is 25.5 Å². The highest BCUT2D eigenvalue weighted by Crippen LogP contribution is 2.40. The van der Waals surface area contributed by atoms with Gasteiger partial charge in [-0.2, -0.15) is 5.10 Å². The van der Waals surface area contributed by atoms with Crippen LogP contribution in [0.2, 0.25) is 0 Å². The van der Waals surface area contributed by atoms with E-state index in [-0.39, 0.29) is 6.10 Å². The molecule has 0 bridgehead atoms. The van der Waals surface area contributed by atoms with E-state index in [0.29, 0.717) is 6.04 Å². The second-order valence-electron chi connectivity index (χ2n) is 5.03. The van der Waals surface area contributed by atoms with E-state index in [4.69, 9.17) is 4.74 Å². The molecule has 1 aliphatic rings. The molecule has 1 aromatic carbocycles. The van der Waals surface area contributed by atoms with Crippen molar-refractivity contribution in [1.82, 2.24) is 15.1 Å². The van der Waals surface area contributed by atoms with Crippen molar-refractivity contribution in [2.24, 2.45) is 7.05 Å².